The number of esters is 1. The lowest BCUT2D eigenvalue weighted by molar-refractivity contribution is 0.0470. The standard InChI is InChI=1S/C17H12ClFO5/c18-11-2-1-3-12(19)16(11)17(21)24-9-13(20)10-4-5-14-15(8-10)23-7-6-22-14/h1-5,8H,6-7,9H2. The van der Waals surface area contributed by atoms with Gasteiger partial charge in [0, 0.05) is 5.56 Å². The summed E-state index contributed by atoms with van der Waals surface area (Å²) in [6.07, 6.45) is 0. The van der Waals surface area contributed by atoms with E-state index in [1.165, 1.54) is 18.2 Å². The third-order valence-corrected chi connectivity index (χ3v) is 3.68. The van der Waals surface area contributed by atoms with Crippen molar-refractivity contribution in [1.29, 1.82) is 0 Å². The molecule has 3 rings (SSSR count). The molecule has 1 heterocycles. The SMILES string of the molecule is O=C(COC(=O)c1c(F)cccc1Cl)c1ccc2c(c1)OCCO2. The molecule has 1 aliphatic heterocycles. The Bertz CT molecular complexity index is 785. The fourth-order valence-corrected chi connectivity index (χ4v) is 2.44. The number of Topliss-reactive ketones (excluding diaryl/α,β-unsaturated/α-hetero) is 1. The molecule has 5 nitrogen and oxygen atoms in total. The molecule has 0 bridgehead atoms. The van der Waals surface area contributed by atoms with Gasteiger partial charge in [-0.25, -0.2) is 9.18 Å². The Morgan fingerprint density at radius 1 is 1.12 bits per heavy atom. The van der Waals surface area contributed by atoms with E-state index in [1.807, 2.05) is 0 Å². The summed E-state index contributed by atoms with van der Waals surface area (Å²) in [4.78, 5) is 24.0. The third kappa shape index (κ3) is 3.33. The van der Waals surface area contributed by atoms with E-state index in [-0.39, 0.29) is 5.02 Å². The number of benzene rings is 2. The molecule has 124 valence electrons. The largest absolute Gasteiger partial charge is 0.486 e. The van der Waals surface area contributed by atoms with Gasteiger partial charge in [-0.15, -0.1) is 0 Å². The molecule has 0 amide bonds. The minimum absolute atomic E-state index is 0.0771. The Morgan fingerprint density at radius 3 is 2.62 bits per heavy atom. The Labute approximate surface area is 141 Å². The molecule has 0 fully saturated rings. The number of carbonyl (C=O) groups excluding carboxylic acids is 2. The van der Waals surface area contributed by atoms with Crippen LogP contribution in [0, 0.1) is 5.82 Å². The second kappa shape index (κ2) is 6.88. The molecule has 2 aromatic rings. The zero-order valence-electron chi connectivity index (χ0n) is 12.4. The number of halogens is 2. The van der Waals surface area contributed by atoms with E-state index in [0.717, 1.165) is 6.07 Å². The van der Waals surface area contributed by atoms with Crippen molar-refractivity contribution in [2.24, 2.45) is 0 Å². The zero-order valence-corrected chi connectivity index (χ0v) is 13.1. The summed E-state index contributed by atoms with van der Waals surface area (Å²) in [5.41, 5.74) is -0.0965. The minimum atomic E-state index is -0.996. The van der Waals surface area contributed by atoms with Crippen LogP contribution in [-0.2, 0) is 4.74 Å². The minimum Gasteiger partial charge on any atom is -0.486 e. The number of hydrogen-bond donors (Lipinski definition) is 0. The zero-order chi connectivity index (χ0) is 17.1. The van der Waals surface area contributed by atoms with E-state index in [2.05, 4.69) is 0 Å². The number of ether oxygens (including phenoxy) is 3. The average Bonchev–Trinajstić information content (AvgIpc) is 2.59. The van der Waals surface area contributed by atoms with Crippen LogP contribution < -0.4 is 9.47 Å². The molecule has 0 saturated carbocycles. The summed E-state index contributed by atoms with van der Waals surface area (Å²) in [5.74, 6) is -1.25. The lowest BCUT2D eigenvalue weighted by Gasteiger charge is -2.18. The molecular weight excluding hydrogens is 339 g/mol. The van der Waals surface area contributed by atoms with Gasteiger partial charge in [0.05, 0.1) is 5.02 Å². The third-order valence-electron chi connectivity index (χ3n) is 3.37. The Balaban J connectivity index is 1.68. The Morgan fingerprint density at radius 2 is 1.88 bits per heavy atom. The summed E-state index contributed by atoms with van der Waals surface area (Å²) < 4.78 is 29.3. The van der Waals surface area contributed by atoms with Crippen molar-refractivity contribution in [1.82, 2.24) is 0 Å². The first-order chi connectivity index (χ1) is 11.6. The van der Waals surface area contributed by atoms with Gasteiger partial charge < -0.3 is 14.2 Å². The molecule has 0 aliphatic carbocycles. The lowest BCUT2D eigenvalue weighted by Crippen LogP contribution is -2.18. The van der Waals surface area contributed by atoms with Crippen molar-refractivity contribution in [3.8, 4) is 11.5 Å². The smallest absolute Gasteiger partial charge is 0.343 e. The highest BCUT2D eigenvalue weighted by Crippen LogP contribution is 2.31. The van der Waals surface area contributed by atoms with Crippen molar-refractivity contribution in [2.45, 2.75) is 0 Å². The predicted molar refractivity (Wildman–Crippen MR) is 83.5 cm³/mol. The summed E-state index contributed by atoms with van der Waals surface area (Å²) in [5, 5.41) is -0.0771. The van der Waals surface area contributed by atoms with Gasteiger partial charge in [0.1, 0.15) is 24.6 Å². The van der Waals surface area contributed by atoms with Gasteiger partial charge >= 0.3 is 5.97 Å². The maximum absolute atomic E-state index is 13.6. The van der Waals surface area contributed by atoms with Gasteiger partial charge in [-0.2, -0.15) is 0 Å². The van der Waals surface area contributed by atoms with Crippen LogP contribution in [0.3, 0.4) is 0 Å². The average molecular weight is 351 g/mol. The molecule has 7 heteroatoms. The van der Waals surface area contributed by atoms with Crippen LogP contribution in [-0.4, -0.2) is 31.6 Å². The van der Waals surface area contributed by atoms with Crippen LogP contribution in [0.25, 0.3) is 0 Å². The number of fused-ring (bicyclic) bond motifs is 1. The summed E-state index contributed by atoms with van der Waals surface area (Å²) in [6.45, 7) is 0.301. The molecule has 0 N–H and O–H groups in total. The predicted octanol–water partition coefficient (Wildman–Crippen LogP) is 3.29. The van der Waals surface area contributed by atoms with E-state index in [9.17, 15) is 14.0 Å². The molecule has 0 atom stereocenters. The topological polar surface area (TPSA) is 61.8 Å². The molecule has 1 aliphatic rings. The van der Waals surface area contributed by atoms with Crippen molar-refractivity contribution < 1.29 is 28.2 Å². The normalized spacial score (nSPS) is 12.6. The summed E-state index contributed by atoms with van der Waals surface area (Å²) in [7, 11) is 0. The van der Waals surface area contributed by atoms with Crippen molar-refractivity contribution >= 4 is 23.4 Å². The molecule has 0 aromatic heterocycles. The van der Waals surface area contributed by atoms with Crippen LogP contribution in [0.2, 0.25) is 5.02 Å². The summed E-state index contributed by atoms with van der Waals surface area (Å²) >= 11 is 5.78. The highest BCUT2D eigenvalue weighted by molar-refractivity contribution is 6.33. The quantitative estimate of drug-likeness (QED) is 0.625. The van der Waals surface area contributed by atoms with E-state index in [0.29, 0.717) is 30.3 Å². The van der Waals surface area contributed by atoms with E-state index >= 15 is 0 Å². The Hall–Kier alpha value is -2.60. The molecular formula is C17H12ClFO5. The van der Waals surface area contributed by atoms with Crippen molar-refractivity contribution in [2.75, 3.05) is 19.8 Å². The van der Waals surface area contributed by atoms with Gasteiger partial charge in [0.2, 0.25) is 0 Å². The first kappa shape index (κ1) is 16.3. The number of hydrogen-bond acceptors (Lipinski definition) is 5. The van der Waals surface area contributed by atoms with E-state index in [4.69, 9.17) is 25.8 Å². The fourth-order valence-electron chi connectivity index (χ4n) is 2.20. The van der Waals surface area contributed by atoms with Crippen LogP contribution in [0.4, 0.5) is 4.39 Å². The molecule has 0 unspecified atom stereocenters. The van der Waals surface area contributed by atoms with Gasteiger partial charge in [-0.1, -0.05) is 17.7 Å². The second-order valence-electron chi connectivity index (χ2n) is 4.95. The van der Waals surface area contributed by atoms with Crippen LogP contribution in [0.1, 0.15) is 20.7 Å². The maximum atomic E-state index is 13.6. The Kier molecular flexibility index (Phi) is 4.66. The molecule has 24 heavy (non-hydrogen) atoms. The maximum Gasteiger partial charge on any atom is 0.343 e. The summed E-state index contributed by atoms with van der Waals surface area (Å²) in [6, 6.07) is 8.49. The highest BCUT2D eigenvalue weighted by Gasteiger charge is 2.20. The number of carbonyl (C=O) groups is 2. The van der Waals surface area contributed by atoms with Gasteiger partial charge in [-0.3, -0.25) is 4.79 Å². The second-order valence-corrected chi connectivity index (χ2v) is 5.36. The van der Waals surface area contributed by atoms with Crippen molar-refractivity contribution in [3.05, 3.63) is 58.4 Å². The van der Waals surface area contributed by atoms with Crippen LogP contribution in [0.5, 0.6) is 11.5 Å². The van der Waals surface area contributed by atoms with Gasteiger partial charge in [-0.05, 0) is 30.3 Å². The van der Waals surface area contributed by atoms with Crippen molar-refractivity contribution in [3.63, 3.8) is 0 Å². The fraction of sp³-hybridized carbons (Fsp3) is 0.176. The molecule has 0 spiro atoms. The van der Waals surface area contributed by atoms with Crippen LogP contribution >= 0.6 is 11.6 Å². The molecule has 0 radical (unpaired) electrons. The number of rotatable bonds is 4. The van der Waals surface area contributed by atoms with E-state index in [1.54, 1.807) is 12.1 Å². The van der Waals surface area contributed by atoms with E-state index < -0.39 is 29.7 Å². The monoisotopic (exact) mass is 350 g/mol. The number of ketones is 1. The molecule has 0 saturated heterocycles. The van der Waals surface area contributed by atoms with Gasteiger partial charge in [0.15, 0.2) is 23.9 Å². The lowest BCUT2D eigenvalue weighted by atomic mass is 10.1. The van der Waals surface area contributed by atoms with Gasteiger partial charge in [0.25, 0.3) is 0 Å². The molecule has 2 aromatic carbocycles. The first-order valence-electron chi connectivity index (χ1n) is 7.10. The van der Waals surface area contributed by atoms with Crippen LogP contribution in [0.15, 0.2) is 36.4 Å². The first-order valence-corrected chi connectivity index (χ1v) is 7.48. The highest BCUT2D eigenvalue weighted by atomic mass is 35.5.